The van der Waals surface area contributed by atoms with Gasteiger partial charge in [-0.15, -0.1) is 0 Å². The molecule has 0 spiro atoms. The Labute approximate surface area is 217 Å². The number of benzene rings is 1. The van der Waals surface area contributed by atoms with Gasteiger partial charge in [-0.25, -0.2) is 9.97 Å². The number of anilines is 2. The zero-order valence-electron chi connectivity index (χ0n) is 20.8. The van der Waals surface area contributed by atoms with Gasteiger partial charge in [-0.2, -0.15) is 9.49 Å². The van der Waals surface area contributed by atoms with Gasteiger partial charge in [-0.1, -0.05) is 17.4 Å². The van der Waals surface area contributed by atoms with Crippen molar-refractivity contribution in [1.29, 1.82) is 0 Å². The van der Waals surface area contributed by atoms with Crippen molar-refractivity contribution in [2.75, 3.05) is 37.4 Å². The molecule has 2 N–H and O–H groups in total. The Hall–Kier alpha value is -4.06. The molecule has 0 fully saturated rings. The van der Waals surface area contributed by atoms with Gasteiger partial charge in [0.2, 0.25) is 17.8 Å². The van der Waals surface area contributed by atoms with E-state index in [-0.39, 0.29) is 24.8 Å². The molecule has 194 valence electrons. The Morgan fingerprint density at radius 2 is 2.03 bits per heavy atom. The van der Waals surface area contributed by atoms with Crippen molar-refractivity contribution in [2.24, 2.45) is 0 Å². The van der Waals surface area contributed by atoms with E-state index in [1.165, 1.54) is 33.8 Å². The average Bonchev–Trinajstić information content (AvgIpc) is 3.46. The van der Waals surface area contributed by atoms with E-state index in [1.54, 1.807) is 31.1 Å². The van der Waals surface area contributed by atoms with E-state index < -0.39 is 5.95 Å². The van der Waals surface area contributed by atoms with Crippen LogP contribution in [-0.2, 0) is 16.1 Å². The van der Waals surface area contributed by atoms with E-state index in [2.05, 4.69) is 31.8 Å². The summed E-state index contributed by atoms with van der Waals surface area (Å²) < 4.78 is 21.4. The van der Waals surface area contributed by atoms with E-state index >= 15 is 0 Å². The first-order valence-corrected chi connectivity index (χ1v) is 12.5. The number of thiazole rings is 1. The number of amides is 2. The van der Waals surface area contributed by atoms with Crippen LogP contribution in [-0.4, -0.2) is 63.2 Å². The molecule has 3 heterocycles. The fourth-order valence-corrected chi connectivity index (χ4v) is 4.43. The average molecular weight is 526 g/mol. The summed E-state index contributed by atoms with van der Waals surface area (Å²) in [4.78, 5) is 34.6. The highest BCUT2D eigenvalue weighted by molar-refractivity contribution is 7.20. The molecule has 0 aliphatic carbocycles. The Kier molecular flexibility index (Phi) is 8.29. The quantitative estimate of drug-likeness (QED) is 0.288. The molecule has 37 heavy (non-hydrogen) atoms. The molecule has 0 aliphatic rings. The van der Waals surface area contributed by atoms with Crippen LogP contribution in [0.5, 0.6) is 5.19 Å². The van der Waals surface area contributed by atoms with Gasteiger partial charge in [0.25, 0.3) is 5.19 Å². The Bertz CT molecular complexity index is 1400. The molecule has 0 atom stereocenters. The molecule has 10 nitrogen and oxygen atoms in total. The number of ether oxygens (including phenoxy) is 1. The third kappa shape index (κ3) is 7.23. The Balaban J connectivity index is 1.17. The fraction of sp³-hybridized carbons (Fsp3) is 0.320. The van der Waals surface area contributed by atoms with Crippen molar-refractivity contribution in [1.82, 2.24) is 24.6 Å². The summed E-state index contributed by atoms with van der Waals surface area (Å²) in [6, 6.07) is 8.89. The van der Waals surface area contributed by atoms with E-state index in [9.17, 15) is 14.0 Å². The molecule has 4 aromatic rings. The second-order valence-electron chi connectivity index (χ2n) is 8.53. The zero-order chi connectivity index (χ0) is 26.4. The predicted octanol–water partition coefficient (Wildman–Crippen LogP) is 3.62. The first kappa shape index (κ1) is 26.0. The van der Waals surface area contributed by atoms with Crippen LogP contribution in [0, 0.1) is 19.8 Å². The maximum Gasteiger partial charge on any atom is 0.274 e. The van der Waals surface area contributed by atoms with Crippen LogP contribution in [0.2, 0.25) is 0 Å². The highest BCUT2D eigenvalue weighted by Crippen LogP contribution is 2.28. The van der Waals surface area contributed by atoms with Crippen LogP contribution >= 0.6 is 11.3 Å². The van der Waals surface area contributed by atoms with Gasteiger partial charge in [0.1, 0.15) is 13.2 Å². The molecule has 0 bridgehead atoms. The van der Waals surface area contributed by atoms with E-state index in [4.69, 9.17) is 4.74 Å². The van der Waals surface area contributed by atoms with Crippen molar-refractivity contribution in [3.8, 4) is 5.19 Å². The van der Waals surface area contributed by atoms with Crippen molar-refractivity contribution >= 4 is 44.7 Å². The SMILES string of the molecule is Cc1ccc2nc(OCCN(C)C(=O)Cn3cc(NC(=O)CCNc4ccc(F)nc4C)cn3)sc2c1. The Morgan fingerprint density at radius 3 is 2.84 bits per heavy atom. The molecule has 0 saturated heterocycles. The minimum atomic E-state index is -0.546. The number of aryl methyl sites for hydroxylation is 2. The van der Waals surface area contributed by atoms with Crippen LogP contribution < -0.4 is 15.4 Å². The summed E-state index contributed by atoms with van der Waals surface area (Å²) in [7, 11) is 1.70. The van der Waals surface area contributed by atoms with Gasteiger partial charge in [-0.05, 0) is 43.7 Å². The van der Waals surface area contributed by atoms with Crippen LogP contribution in [0.15, 0.2) is 42.7 Å². The lowest BCUT2D eigenvalue weighted by molar-refractivity contribution is -0.131. The maximum atomic E-state index is 13.1. The van der Waals surface area contributed by atoms with Gasteiger partial charge < -0.3 is 20.3 Å². The molecule has 1 aromatic carbocycles. The molecular formula is C25H28FN7O3S. The van der Waals surface area contributed by atoms with Crippen LogP contribution in [0.4, 0.5) is 15.8 Å². The largest absolute Gasteiger partial charge is 0.468 e. The second kappa shape index (κ2) is 11.8. The predicted molar refractivity (Wildman–Crippen MR) is 140 cm³/mol. The molecule has 0 unspecified atom stereocenters. The number of pyridine rings is 1. The summed E-state index contributed by atoms with van der Waals surface area (Å²) in [5.74, 6) is -0.905. The lowest BCUT2D eigenvalue weighted by atomic mass is 10.2. The molecule has 0 radical (unpaired) electrons. The van der Waals surface area contributed by atoms with Gasteiger partial charge >= 0.3 is 0 Å². The maximum absolute atomic E-state index is 13.1. The molecule has 0 aliphatic heterocycles. The number of aromatic nitrogens is 4. The lowest BCUT2D eigenvalue weighted by Gasteiger charge is -2.16. The smallest absolute Gasteiger partial charge is 0.274 e. The molecular weight excluding hydrogens is 497 g/mol. The molecule has 0 saturated carbocycles. The zero-order valence-corrected chi connectivity index (χ0v) is 21.6. The molecule has 3 aromatic heterocycles. The van der Waals surface area contributed by atoms with Crippen molar-refractivity contribution in [3.63, 3.8) is 0 Å². The Morgan fingerprint density at radius 1 is 1.19 bits per heavy atom. The standard InChI is InChI=1S/C25H28FN7O3S/c1-16-4-5-20-21(12-16)37-25(31-20)36-11-10-32(3)24(35)15-33-14-18(13-28-33)30-23(34)8-9-27-19-6-7-22(26)29-17(19)2/h4-7,12-14,27H,8-11,15H2,1-3H3,(H,30,34). The van der Waals surface area contributed by atoms with E-state index in [0.717, 1.165) is 10.2 Å². The summed E-state index contributed by atoms with van der Waals surface area (Å²) in [5, 5.41) is 10.5. The van der Waals surface area contributed by atoms with E-state index in [1.807, 2.05) is 19.1 Å². The highest BCUT2D eigenvalue weighted by atomic mass is 32.1. The number of halogens is 1. The van der Waals surface area contributed by atoms with Gasteiger partial charge in [0, 0.05) is 26.2 Å². The van der Waals surface area contributed by atoms with Crippen LogP contribution in [0.3, 0.4) is 0 Å². The summed E-state index contributed by atoms with van der Waals surface area (Å²) in [6.07, 6.45) is 3.28. The number of hydrogen-bond donors (Lipinski definition) is 2. The third-order valence-electron chi connectivity index (χ3n) is 5.54. The third-order valence-corrected chi connectivity index (χ3v) is 6.47. The minimum absolute atomic E-state index is 0.0329. The monoisotopic (exact) mass is 525 g/mol. The first-order chi connectivity index (χ1) is 17.8. The van der Waals surface area contributed by atoms with Gasteiger partial charge in [-0.3, -0.25) is 14.3 Å². The number of rotatable bonds is 11. The molecule has 12 heteroatoms. The number of carbonyl (C=O) groups is 2. The topological polar surface area (TPSA) is 114 Å². The first-order valence-electron chi connectivity index (χ1n) is 11.7. The molecule has 2 amide bonds. The van der Waals surface area contributed by atoms with Crippen molar-refractivity contribution in [3.05, 3.63) is 59.9 Å². The lowest BCUT2D eigenvalue weighted by Crippen LogP contribution is -2.33. The fourth-order valence-electron chi connectivity index (χ4n) is 3.49. The highest BCUT2D eigenvalue weighted by Gasteiger charge is 2.13. The number of nitrogens with zero attached hydrogens (tertiary/aromatic N) is 5. The van der Waals surface area contributed by atoms with Gasteiger partial charge in [0.15, 0.2) is 0 Å². The van der Waals surface area contributed by atoms with Crippen LogP contribution in [0.1, 0.15) is 17.7 Å². The summed E-state index contributed by atoms with van der Waals surface area (Å²) >= 11 is 1.48. The number of nitrogens with one attached hydrogen (secondary N) is 2. The number of hydrogen-bond acceptors (Lipinski definition) is 8. The number of carbonyl (C=O) groups excluding carboxylic acids is 2. The number of likely N-dealkylation sites (N-methyl/N-ethyl adjacent to an activating group) is 1. The van der Waals surface area contributed by atoms with Crippen LogP contribution in [0.25, 0.3) is 10.2 Å². The number of fused-ring (bicyclic) bond motifs is 1. The van der Waals surface area contributed by atoms with E-state index in [0.29, 0.717) is 42.0 Å². The second-order valence-corrected chi connectivity index (χ2v) is 9.53. The normalized spacial score (nSPS) is 10.9. The van der Waals surface area contributed by atoms with Crippen molar-refractivity contribution < 1.29 is 18.7 Å². The van der Waals surface area contributed by atoms with Crippen molar-refractivity contribution in [2.45, 2.75) is 26.8 Å². The van der Waals surface area contributed by atoms with Gasteiger partial charge in [0.05, 0.1) is 40.0 Å². The summed E-state index contributed by atoms with van der Waals surface area (Å²) in [5.41, 5.74) is 3.75. The molecule has 4 rings (SSSR count). The summed E-state index contributed by atoms with van der Waals surface area (Å²) in [6.45, 7) is 4.83. The minimum Gasteiger partial charge on any atom is -0.468 e.